The Hall–Kier alpha value is 0.110. The highest BCUT2D eigenvalue weighted by Gasteiger charge is 2.16. The number of likely N-dealkylation sites (N-methyl/N-ethyl adjacent to an activating group) is 1. The molecule has 0 spiro atoms. The first-order valence-corrected chi connectivity index (χ1v) is 8.52. The van der Waals surface area contributed by atoms with E-state index >= 15 is 0 Å². The summed E-state index contributed by atoms with van der Waals surface area (Å²) in [6.45, 7) is 6.02. The van der Waals surface area contributed by atoms with Crippen LogP contribution in [0.4, 0.5) is 0 Å². The average Bonchev–Trinajstić information content (AvgIpc) is 2.34. The van der Waals surface area contributed by atoms with Gasteiger partial charge in [-0.15, -0.1) is 0 Å². The van der Waals surface area contributed by atoms with Crippen molar-refractivity contribution in [1.29, 1.82) is 0 Å². The van der Waals surface area contributed by atoms with Gasteiger partial charge in [0, 0.05) is 23.1 Å². The number of nitrogens with zero attached hydrogens (tertiary/aromatic N) is 1. The maximum atomic E-state index is 6.10. The number of halogens is 2. The highest BCUT2D eigenvalue weighted by Crippen LogP contribution is 2.29. The standard InChI is InChI=1S/C10H11Cl2N.C2H6S.C2H6/c1-13-3-2-7-4-8(11)5-10(12)9(7)6-13;1-3-2;1-2/h4-5H,2-3,6H2,1H3;1-2H3;1-2H3. The molecular weight excluding hydrogens is 285 g/mol. The van der Waals surface area contributed by atoms with Crippen LogP contribution in [0.2, 0.25) is 10.0 Å². The fourth-order valence-electron chi connectivity index (χ4n) is 1.72. The van der Waals surface area contributed by atoms with Crippen molar-refractivity contribution in [1.82, 2.24) is 4.90 Å². The first-order valence-electron chi connectivity index (χ1n) is 6.14. The molecule has 0 aromatic heterocycles. The minimum atomic E-state index is 0.744. The van der Waals surface area contributed by atoms with Crippen molar-refractivity contribution in [2.45, 2.75) is 26.8 Å². The van der Waals surface area contributed by atoms with E-state index in [0.29, 0.717) is 0 Å². The first-order chi connectivity index (χ1) is 8.58. The van der Waals surface area contributed by atoms with Gasteiger partial charge in [-0.1, -0.05) is 37.0 Å². The summed E-state index contributed by atoms with van der Waals surface area (Å²) in [7, 11) is 2.11. The minimum Gasteiger partial charge on any atom is -0.302 e. The summed E-state index contributed by atoms with van der Waals surface area (Å²) in [6, 6.07) is 3.84. The van der Waals surface area contributed by atoms with Crippen LogP contribution in [0.25, 0.3) is 0 Å². The predicted molar refractivity (Wildman–Crippen MR) is 87.3 cm³/mol. The van der Waals surface area contributed by atoms with E-state index in [2.05, 4.69) is 11.9 Å². The van der Waals surface area contributed by atoms with Crippen molar-refractivity contribution in [2.75, 3.05) is 26.1 Å². The van der Waals surface area contributed by atoms with Crippen molar-refractivity contribution in [3.8, 4) is 0 Å². The zero-order chi connectivity index (χ0) is 14.1. The van der Waals surface area contributed by atoms with Crippen molar-refractivity contribution >= 4 is 35.0 Å². The van der Waals surface area contributed by atoms with Gasteiger partial charge in [-0.25, -0.2) is 0 Å². The van der Waals surface area contributed by atoms with Crippen molar-refractivity contribution < 1.29 is 0 Å². The van der Waals surface area contributed by atoms with Gasteiger partial charge in [-0.3, -0.25) is 0 Å². The molecule has 0 amide bonds. The number of hydrogen-bond donors (Lipinski definition) is 0. The molecule has 1 nitrogen and oxygen atoms in total. The van der Waals surface area contributed by atoms with Crippen molar-refractivity contribution in [2.24, 2.45) is 0 Å². The SMILES string of the molecule is CC.CN1CCc2cc(Cl)cc(Cl)c2C1.CSC. The van der Waals surface area contributed by atoms with Gasteiger partial charge >= 0.3 is 0 Å². The zero-order valence-electron chi connectivity index (χ0n) is 11.9. The van der Waals surface area contributed by atoms with Crippen LogP contribution in [0.5, 0.6) is 0 Å². The predicted octanol–water partition coefficient (Wildman–Crippen LogP) is 4.99. The molecule has 1 aliphatic rings. The third-order valence-electron chi connectivity index (χ3n) is 2.44. The Kier molecular flexibility index (Phi) is 10.0. The highest BCUT2D eigenvalue weighted by atomic mass is 35.5. The molecule has 0 radical (unpaired) electrons. The second-order valence-electron chi connectivity index (χ2n) is 3.92. The Morgan fingerprint density at radius 1 is 1.17 bits per heavy atom. The number of fused-ring (bicyclic) bond motifs is 1. The molecule has 1 aromatic carbocycles. The smallest absolute Gasteiger partial charge is 0.0468 e. The lowest BCUT2D eigenvalue weighted by atomic mass is 10.0. The molecule has 2 rings (SSSR count). The van der Waals surface area contributed by atoms with Crippen molar-refractivity contribution in [3.63, 3.8) is 0 Å². The molecule has 0 N–H and O–H groups in total. The Morgan fingerprint density at radius 3 is 2.28 bits per heavy atom. The van der Waals surface area contributed by atoms with E-state index in [1.807, 2.05) is 38.5 Å². The molecule has 0 fully saturated rings. The fraction of sp³-hybridized carbons (Fsp3) is 0.571. The maximum Gasteiger partial charge on any atom is 0.0468 e. The van der Waals surface area contributed by atoms with Gasteiger partial charge in [-0.05, 0) is 49.2 Å². The van der Waals surface area contributed by atoms with Gasteiger partial charge < -0.3 is 4.90 Å². The lowest BCUT2D eigenvalue weighted by Crippen LogP contribution is -2.26. The Morgan fingerprint density at radius 2 is 1.72 bits per heavy atom. The van der Waals surface area contributed by atoms with Gasteiger partial charge in [0.15, 0.2) is 0 Å². The second-order valence-corrected chi connectivity index (χ2v) is 5.58. The Balaban J connectivity index is 0.000000509. The van der Waals surface area contributed by atoms with E-state index in [4.69, 9.17) is 23.2 Å². The summed E-state index contributed by atoms with van der Waals surface area (Å²) in [5.74, 6) is 0. The van der Waals surface area contributed by atoms with E-state index in [0.717, 1.165) is 29.6 Å². The van der Waals surface area contributed by atoms with E-state index in [1.54, 1.807) is 11.8 Å². The number of rotatable bonds is 0. The van der Waals surface area contributed by atoms with Crippen LogP contribution in [0.3, 0.4) is 0 Å². The van der Waals surface area contributed by atoms with Crippen LogP contribution in [-0.4, -0.2) is 31.0 Å². The Bertz CT molecular complexity index is 356. The van der Waals surface area contributed by atoms with Crippen LogP contribution >= 0.6 is 35.0 Å². The third-order valence-corrected chi connectivity index (χ3v) is 3.00. The van der Waals surface area contributed by atoms with Crippen LogP contribution < -0.4 is 0 Å². The van der Waals surface area contributed by atoms with Gasteiger partial charge in [-0.2, -0.15) is 11.8 Å². The molecule has 0 aliphatic carbocycles. The number of hydrogen-bond acceptors (Lipinski definition) is 2. The van der Waals surface area contributed by atoms with Crippen molar-refractivity contribution in [3.05, 3.63) is 33.3 Å². The van der Waals surface area contributed by atoms with Crippen LogP contribution in [0.15, 0.2) is 12.1 Å². The molecule has 104 valence electrons. The first kappa shape index (κ1) is 18.1. The van der Waals surface area contributed by atoms with E-state index in [9.17, 15) is 0 Å². The minimum absolute atomic E-state index is 0.744. The summed E-state index contributed by atoms with van der Waals surface area (Å²) in [4.78, 5) is 2.27. The molecule has 0 saturated heterocycles. The van der Waals surface area contributed by atoms with E-state index in [-0.39, 0.29) is 0 Å². The molecule has 18 heavy (non-hydrogen) atoms. The van der Waals surface area contributed by atoms with Crippen LogP contribution in [-0.2, 0) is 13.0 Å². The summed E-state index contributed by atoms with van der Waals surface area (Å²) in [6.07, 6.45) is 5.13. The topological polar surface area (TPSA) is 3.24 Å². The fourth-order valence-corrected chi connectivity index (χ4v) is 2.31. The summed E-state index contributed by atoms with van der Waals surface area (Å²) < 4.78 is 0. The van der Waals surface area contributed by atoms with Gasteiger partial charge in [0.1, 0.15) is 0 Å². The summed E-state index contributed by atoms with van der Waals surface area (Å²) in [5.41, 5.74) is 2.54. The molecule has 0 bridgehead atoms. The van der Waals surface area contributed by atoms with E-state index in [1.165, 1.54) is 11.1 Å². The highest BCUT2D eigenvalue weighted by molar-refractivity contribution is 7.97. The lowest BCUT2D eigenvalue weighted by Gasteiger charge is -2.25. The molecule has 4 heteroatoms. The molecule has 0 unspecified atom stereocenters. The van der Waals surface area contributed by atoms with Gasteiger partial charge in [0.25, 0.3) is 0 Å². The molecule has 1 aromatic rings. The molecule has 0 saturated carbocycles. The summed E-state index contributed by atoms with van der Waals surface area (Å²) >= 11 is 13.8. The molecular formula is C14H23Cl2NS. The molecule has 1 heterocycles. The van der Waals surface area contributed by atoms with Gasteiger partial charge in [0.05, 0.1) is 0 Å². The quantitative estimate of drug-likeness (QED) is 0.664. The zero-order valence-corrected chi connectivity index (χ0v) is 14.2. The average molecular weight is 308 g/mol. The van der Waals surface area contributed by atoms with Gasteiger partial charge in [0.2, 0.25) is 0 Å². The molecule has 0 atom stereocenters. The maximum absolute atomic E-state index is 6.10. The van der Waals surface area contributed by atoms with E-state index < -0.39 is 0 Å². The number of thioether (sulfide) groups is 1. The number of benzene rings is 1. The monoisotopic (exact) mass is 307 g/mol. The molecule has 1 aliphatic heterocycles. The second kappa shape index (κ2) is 9.96. The largest absolute Gasteiger partial charge is 0.302 e. The van der Waals surface area contributed by atoms with Crippen LogP contribution in [0.1, 0.15) is 25.0 Å². The Labute approximate surface area is 126 Å². The third kappa shape index (κ3) is 5.83. The lowest BCUT2D eigenvalue weighted by molar-refractivity contribution is 0.313. The summed E-state index contributed by atoms with van der Waals surface area (Å²) in [5, 5.41) is 1.54. The van der Waals surface area contributed by atoms with Crippen LogP contribution in [0, 0.1) is 0 Å². The normalized spacial score (nSPS) is 13.7.